The van der Waals surface area contributed by atoms with Crippen LogP contribution in [-0.2, 0) is 11.2 Å². The molecular formula is C15H21N3O4. The molecule has 1 saturated heterocycles. The molecule has 0 spiro atoms. The predicted octanol–water partition coefficient (Wildman–Crippen LogP) is 2.01. The highest BCUT2D eigenvalue weighted by Gasteiger charge is 2.29. The van der Waals surface area contributed by atoms with Gasteiger partial charge in [0.15, 0.2) is 0 Å². The van der Waals surface area contributed by atoms with Crippen LogP contribution in [0.3, 0.4) is 0 Å². The van der Waals surface area contributed by atoms with Crippen molar-refractivity contribution in [2.24, 2.45) is 0 Å². The van der Waals surface area contributed by atoms with Crippen LogP contribution in [0.25, 0.3) is 0 Å². The standard InChI is InChI=1S/C15H21N3O4/c1-15(7-3-9-22-15)11-17-14(19)16-8-6-12-4-2-5-13(10-12)18(20)21/h2,4-5,10H,3,6-9,11H2,1H3,(H2,16,17,19)/t15-/m0/s1. The lowest BCUT2D eigenvalue weighted by Gasteiger charge is -2.23. The van der Waals surface area contributed by atoms with Gasteiger partial charge in [0.05, 0.1) is 10.5 Å². The van der Waals surface area contributed by atoms with E-state index in [4.69, 9.17) is 4.74 Å². The molecule has 1 aliphatic rings. The number of non-ortho nitro benzene ring substituents is 1. The van der Waals surface area contributed by atoms with Gasteiger partial charge in [-0.25, -0.2) is 4.79 Å². The molecular weight excluding hydrogens is 286 g/mol. The lowest BCUT2D eigenvalue weighted by molar-refractivity contribution is -0.384. The zero-order valence-electron chi connectivity index (χ0n) is 12.6. The predicted molar refractivity (Wildman–Crippen MR) is 81.8 cm³/mol. The SMILES string of the molecule is C[C@@]1(CNC(=O)NCCc2cccc([N+](=O)[O-])c2)CCCO1. The number of benzene rings is 1. The number of hydrogen-bond acceptors (Lipinski definition) is 4. The molecule has 7 nitrogen and oxygen atoms in total. The topological polar surface area (TPSA) is 93.5 Å². The molecule has 0 radical (unpaired) electrons. The molecule has 2 N–H and O–H groups in total. The maximum absolute atomic E-state index is 11.7. The van der Waals surface area contributed by atoms with Crippen molar-refractivity contribution in [2.45, 2.75) is 31.8 Å². The van der Waals surface area contributed by atoms with Gasteiger partial charge in [0.2, 0.25) is 0 Å². The number of nitrogens with zero attached hydrogens (tertiary/aromatic N) is 1. The molecule has 22 heavy (non-hydrogen) atoms. The molecule has 0 aromatic heterocycles. The Labute approximate surface area is 129 Å². The second-order valence-corrected chi connectivity index (χ2v) is 5.69. The van der Waals surface area contributed by atoms with E-state index in [-0.39, 0.29) is 17.3 Å². The Kier molecular flexibility index (Phi) is 5.32. The molecule has 0 unspecified atom stereocenters. The zero-order chi connectivity index (χ0) is 16.0. The van der Waals surface area contributed by atoms with Crippen molar-refractivity contribution < 1.29 is 14.5 Å². The first-order valence-electron chi connectivity index (χ1n) is 7.37. The van der Waals surface area contributed by atoms with Gasteiger partial charge in [-0.05, 0) is 31.7 Å². The van der Waals surface area contributed by atoms with Crippen LogP contribution in [0.1, 0.15) is 25.3 Å². The third-order valence-corrected chi connectivity index (χ3v) is 3.74. The normalized spacial score (nSPS) is 20.6. The third-order valence-electron chi connectivity index (χ3n) is 3.74. The summed E-state index contributed by atoms with van der Waals surface area (Å²) in [5.74, 6) is 0. The monoisotopic (exact) mass is 307 g/mol. The number of rotatable bonds is 6. The highest BCUT2D eigenvalue weighted by atomic mass is 16.6. The van der Waals surface area contributed by atoms with Crippen LogP contribution in [0.2, 0.25) is 0 Å². The number of nitrogens with one attached hydrogen (secondary N) is 2. The lowest BCUT2D eigenvalue weighted by Crippen LogP contribution is -2.44. The molecule has 1 heterocycles. The van der Waals surface area contributed by atoms with Gasteiger partial charge < -0.3 is 15.4 Å². The smallest absolute Gasteiger partial charge is 0.314 e. The largest absolute Gasteiger partial charge is 0.373 e. The van der Waals surface area contributed by atoms with E-state index in [2.05, 4.69) is 10.6 Å². The van der Waals surface area contributed by atoms with Crippen LogP contribution in [0.4, 0.5) is 10.5 Å². The Morgan fingerprint density at radius 2 is 2.27 bits per heavy atom. The number of urea groups is 1. The Morgan fingerprint density at radius 1 is 1.45 bits per heavy atom. The van der Waals surface area contributed by atoms with E-state index in [9.17, 15) is 14.9 Å². The Hall–Kier alpha value is -2.15. The minimum atomic E-state index is -0.425. The number of nitro benzene ring substituents is 1. The van der Waals surface area contributed by atoms with Gasteiger partial charge in [0, 0.05) is 31.8 Å². The van der Waals surface area contributed by atoms with Crippen LogP contribution in [0, 0.1) is 10.1 Å². The second kappa shape index (κ2) is 7.22. The molecule has 120 valence electrons. The highest BCUT2D eigenvalue weighted by molar-refractivity contribution is 5.73. The summed E-state index contributed by atoms with van der Waals surface area (Å²) in [7, 11) is 0. The molecule has 1 aromatic carbocycles. The maximum Gasteiger partial charge on any atom is 0.314 e. The van der Waals surface area contributed by atoms with Crippen molar-refractivity contribution in [3.05, 3.63) is 39.9 Å². The molecule has 0 saturated carbocycles. The van der Waals surface area contributed by atoms with Crippen molar-refractivity contribution in [1.29, 1.82) is 0 Å². The average molecular weight is 307 g/mol. The second-order valence-electron chi connectivity index (χ2n) is 5.69. The van der Waals surface area contributed by atoms with Crippen LogP contribution < -0.4 is 10.6 Å². The van der Waals surface area contributed by atoms with Gasteiger partial charge in [-0.2, -0.15) is 0 Å². The minimum Gasteiger partial charge on any atom is -0.373 e. The van der Waals surface area contributed by atoms with E-state index >= 15 is 0 Å². The van der Waals surface area contributed by atoms with Gasteiger partial charge >= 0.3 is 6.03 Å². The zero-order valence-corrected chi connectivity index (χ0v) is 12.6. The number of ether oxygens (including phenoxy) is 1. The Balaban J connectivity index is 1.70. The molecule has 2 amide bonds. The summed E-state index contributed by atoms with van der Waals surface area (Å²) in [5.41, 5.74) is 0.617. The summed E-state index contributed by atoms with van der Waals surface area (Å²) in [6, 6.07) is 6.17. The van der Waals surface area contributed by atoms with Crippen molar-refractivity contribution in [3.8, 4) is 0 Å². The van der Waals surface area contributed by atoms with Crippen molar-refractivity contribution in [2.75, 3.05) is 19.7 Å². The molecule has 2 rings (SSSR count). The van der Waals surface area contributed by atoms with Crippen molar-refractivity contribution in [3.63, 3.8) is 0 Å². The molecule has 1 aliphatic heterocycles. The van der Waals surface area contributed by atoms with Crippen LogP contribution in [-0.4, -0.2) is 36.3 Å². The number of amides is 2. The highest BCUT2D eigenvalue weighted by Crippen LogP contribution is 2.23. The summed E-state index contributed by atoms with van der Waals surface area (Å²) in [5, 5.41) is 16.2. The number of carbonyl (C=O) groups excluding carboxylic acids is 1. The molecule has 0 aliphatic carbocycles. The summed E-state index contributed by atoms with van der Waals surface area (Å²) in [4.78, 5) is 22.0. The Morgan fingerprint density at radius 3 is 2.95 bits per heavy atom. The fraction of sp³-hybridized carbons (Fsp3) is 0.533. The number of nitro groups is 1. The van der Waals surface area contributed by atoms with E-state index in [1.807, 2.05) is 6.92 Å². The van der Waals surface area contributed by atoms with Crippen LogP contribution >= 0.6 is 0 Å². The van der Waals surface area contributed by atoms with Gasteiger partial charge in [0.25, 0.3) is 5.69 Å². The molecule has 7 heteroatoms. The first-order valence-corrected chi connectivity index (χ1v) is 7.37. The summed E-state index contributed by atoms with van der Waals surface area (Å²) in [6.45, 7) is 3.64. The van der Waals surface area contributed by atoms with E-state index in [1.54, 1.807) is 12.1 Å². The van der Waals surface area contributed by atoms with Gasteiger partial charge in [-0.3, -0.25) is 10.1 Å². The first-order chi connectivity index (χ1) is 10.5. The fourth-order valence-electron chi connectivity index (χ4n) is 2.45. The first kappa shape index (κ1) is 16.2. The fourth-order valence-corrected chi connectivity index (χ4v) is 2.45. The summed E-state index contributed by atoms with van der Waals surface area (Å²) < 4.78 is 5.59. The number of hydrogen-bond donors (Lipinski definition) is 2. The quantitative estimate of drug-likeness (QED) is 0.621. The molecule has 1 fully saturated rings. The Bertz CT molecular complexity index is 541. The lowest BCUT2D eigenvalue weighted by atomic mass is 10.0. The van der Waals surface area contributed by atoms with Gasteiger partial charge in [-0.15, -0.1) is 0 Å². The van der Waals surface area contributed by atoms with Gasteiger partial charge in [0.1, 0.15) is 0 Å². The van der Waals surface area contributed by atoms with Crippen molar-refractivity contribution in [1.82, 2.24) is 10.6 Å². The summed E-state index contributed by atoms with van der Waals surface area (Å²) >= 11 is 0. The van der Waals surface area contributed by atoms with E-state index in [0.717, 1.165) is 25.0 Å². The van der Waals surface area contributed by atoms with Crippen LogP contribution in [0.15, 0.2) is 24.3 Å². The van der Waals surface area contributed by atoms with E-state index in [1.165, 1.54) is 12.1 Å². The van der Waals surface area contributed by atoms with E-state index < -0.39 is 4.92 Å². The summed E-state index contributed by atoms with van der Waals surface area (Å²) in [6.07, 6.45) is 2.51. The van der Waals surface area contributed by atoms with Gasteiger partial charge in [-0.1, -0.05) is 12.1 Å². The maximum atomic E-state index is 11.7. The molecule has 1 atom stereocenters. The van der Waals surface area contributed by atoms with Crippen molar-refractivity contribution >= 4 is 11.7 Å². The molecule has 0 bridgehead atoms. The minimum absolute atomic E-state index is 0.0632. The van der Waals surface area contributed by atoms with Crippen LogP contribution in [0.5, 0.6) is 0 Å². The molecule has 1 aromatic rings. The third kappa shape index (κ3) is 4.70. The number of carbonyl (C=O) groups is 1. The van der Waals surface area contributed by atoms with E-state index in [0.29, 0.717) is 19.5 Å². The average Bonchev–Trinajstić information content (AvgIpc) is 2.93.